The van der Waals surface area contributed by atoms with Crippen LogP contribution < -0.4 is 5.32 Å². The van der Waals surface area contributed by atoms with Gasteiger partial charge in [-0.25, -0.2) is 0 Å². The predicted octanol–water partition coefficient (Wildman–Crippen LogP) is 3.49. The molecular weight excluding hydrogens is 334 g/mol. The van der Waals surface area contributed by atoms with Crippen LogP contribution in [-0.4, -0.2) is 18.3 Å². The molecule has 2 N–H and O–H groups in total. The van der Waals surface area contributed by atoms with E-state index in [4.69, 9.17) is 5.11 Å². The van der Waals surface area contributed by atoms with E-state index in [1.807, 2.05) is 19.1 Å². The van der Waals surface area contributed by atoms with E-state index in [-0.39, 0.29) is 18.6 Å². The summed E-state index contributed by atoms with van der Waals surface area (Å²) < 4.78 is 2.16. The monoisotopic (exact) mass is 349 g/mol. The van der Waals surface area contributed by atoms with Gasteiger partial charge in [0.15, 0.2) is 0 Å². The molecule has 0 aliphatic carbocycles. The van der Waals surface area contributed by atoms with Crippen molar-refractivity contribution >= 4 is 31.9 Å². The van der Waals surface area contributed by atoms with E-state index >= 15 is 0 Å². The number of aliphatic hydroxyl groups excluding tert-OH is 1. The van der Waals surface area contributed by atoms with Crippen LogP contribution in [0.2, 0.25) is 0 Å². The van der Waals surface area contributed by atoms with Crippen LogP contribution >= 0.6 is 31.9 Å². The van der Waals surface area contributed by atoms with E-state index in [1.165, 1.54) is 5.56 Å². The van der Waals surface area contributed by atoms with Crippen LogP contribution in [0.4, 0.5) is 0 Å². The molecule has 0 aliphatic rings. The van der Waals surface area contributed by atoms with Crippen molar-refractivity contribution in [1.82, 2.24) is 5.32 Å². The second-order valence-electron chi connectivity index (χ2n) is 4.08. The van der Waals surface area contributed by atoms with Crippen molar-refractivity contribution in [3.05, 3.63) is 32.7 Å². The maximum Gasteiger partial charge on any atom is 0.0468 e. The van der Waals surface area contributed by atoms with Crippen LogP contribution in [-0.2, 0) is 0 Å². The molecule has 16 heavy (non-hydrogen) atoms. The summed E-state index contributed by atoms with van der Waals surface area (Å²) >= 11 is 6.99. The molecule has 2 unspecified atom stereocenters. The molecule has 0 fully saturated rings. The Balaban J connectivity index is 2.62. The fourth-order valence-corrected chi connectivity index (χ4v) is 2.80. The minimum absolute atomic E-state index is 0.223. The lowest BCUT2D eigenvalue weighted by atomic mass is 10.1. The van der Waals surface area contributed by atoms with Gasteiger partial charge in [0.25, 0.3) is 0 Å². The molecule has 0 heterocycles. The van der Waals surface area contributed by atoms with Crippen LogP contribution in [0, 0.1) is 5.92 Å². The first-order valence-corrected chi connectivity index (χ1v) is 6.92. The maximum absolute atomic E-state index is 8.95. The molecule has 2 nitrogen and oxygen atoms in total. The highest BCUT2D eigenvalue weighted by atomic mass is 79.9. The Hall–Kier alpha value is 0.1000. The number of halogens is 2. The van der Waals surface area contributed by atoms with E-state index in [9.17, 15) is 0 Å². The molecule has 0 aliphatic heterocycles. The lowest BCUT2D eigenvalue weighted by molar-refractivity contribution is 0.231. The first-order valence-electron chi connectivity index (χ1n) is 5.33. The zero-order chi connectivity index (χ0) is 12.1. The summed E-state index contributed by atoms with van der Waals surface area (Å²) in [6, 6.07) is 6.45. The van der Waals surface area contributed by atoms with Crippen molar-refractivity contribution in [3.63, 3.8) is 0 Å². The van der Waals surface area contributed by atoms with Crippen molar-refractivity contribution in [3.8, 4) is 0 Å². The largest absolute Gasteiger partial charge is 0.396 e. The topological polar surface area (TPSA) is 32.3 Å². The van der Waals surface area contributed by atoms with E-state index in [0.29, 0.717) is 0 Å². The maximum atomic E-state index is 8.95. The number of rotatable bonds is 5. The molecule has 2 atom stereocenters. The zero-order valence-electron chi connectivity index (χ0n) is 9.50. The minimum Gasteiger partial charge on any atom is -0.396 e. The Labute approximate surface area is 114 Å². The van der Waals surface area contributed by atoms with Gasteiger partial charge in [0.2, 0.25) is 0 Å². The summed E-state index contributed by atoms with van der Waals surface area (Å²) in [6.45, 7) is 5.19. The number of aliphatic hydroxyl groups is 1. The van der Waals surface area contributed by atoms with Gasteiger partial charge in [0.1, 0.15) is 0 Å². The van der Waals surface area contributed by atoms with Crippen LogP contribution in [0.5, 0.6) is 0 Å². The van der Waals surface area contributed by atoms with Gasteiger partial charge in [0, 0.05) is 28.1 Å². The predicted molar refractivity (Wildman–Crippen MR) is 74.5 cm³/mol. The van der Waals surface area contributed by atoms with E-state index in [1.54, 1.807) is 0 Å². The van der Waals surface area contributed by atoms with Crippen LogP contribution in [0.25, 0.3) is 0 Å². The van der Waals surface area contributed by atoms with Gasteiger partial charge in [-0.05, 0) is 30.5 Å². The lowest BCUT2D eigenvalue weighted by Gasteiger charge is -2.18. The van der Waals surface area contributed by atoms with Gasteiger partial charge in [0.05, 0.1) is 0 Å². The van der Waals surface area contributed by atoms with Crippen LogP contribution in [0.1, 0.15) is 25.5 Å². The van der Waals surface area contributed by atoms with E-state index in [2.05, 4.69) is 50.2 Å². The molecule has 0 saturated heterocycles. The number of hydrogen-bond donors (Lipinski definition) is 2. The number of nitrogens with one attached hydrogen (secondary N) is 1. The number of benzene rings is 1. The van der Waals surface area contributed by atoms with E-state index in [0.717, 1.165) is 15.5 Å². The summed E-state index contributed by atoms with van der Waals surface area (Å²) in [5.41, 5.74) is 1.23. The Morgan fingerprint density at radius 2 is 2.00 bits per heavy atom. The lowest BCUT2D eigenvalue weighted by Crippen LogP contribution is -2.26. The second kappa shape index (κ2) is 6.74. The second-order valence-corrected chi connectivity index (χ2v) is 5.85. The molecule has 1 rings (SSSR count). The molecular formula is C12H17Br2NO. The smallest absolute Gasteiger partial charge is 0.0468 e. The van der Waals surface area contributed by atoms with Crippen LogP contribution in [0.3, 0.4) is 0 Å². The third-order valence-electron chi connectivity index (χ3n) is 2.51. The van der Waals surface area contributed by atoms with Crippen molar-refractivity contribution in [2.24, 2.45) is 5.92 Å². The molecule has 0 aromatic heterocycles. The fourth-order valence-electron chi connectivity index (χ4n) is 1.41. The van der Waals surface area contributed by atoms with Gasteiger partial charge in [-0.15, -0.1) is 0 Å². The molecule has 1 aromatic carbocycles. The van der Waals surface area contributed by atoms with Crippen molar-refractivity contribution in [2.75, 3.05) is 13.2 Å². The van der Waals surface area contributed by atoms with Crippen molar-refractivity contribution < 1.29 is 5.11 Å². The van der Waals surface area contributed by atoms with E-state index < -0.39 is 0 Å². The molecule has 0 amide bonds. The van der Waals surface area contributed by atoms with Crippen molar-refractivity contribution in [2.45, 2.75) is 19.9 Å². The Kier molecular flexibility index (Phi) is 5.97. The molecule has 0 saturated carbocycles. The van der Waals surface area contributed by atoms with Crippen LogP contribution in [0.15, 0.2) is 27.1 Å². The molecule has 0 bridgehead atoms. The normalized spacial score (nSPS) is 14.8. The minimum atomic E-state index is 0.223. The van der Waals surface area contributed by atoms with Gasteiger partial charge < -0.3 is 10.4 Å². The van der Waals surface area contributed by atoms with Gasteiger partial charge in [-0.1, -0.05) is 44.8 Å². The van der Waals surface area contributed by atoms with Gasteiger partial charge >= 0.3 is 0 Å². The Morgan fingerprint density at radius 1 is 1.31 bits per heavy atom. The van der Waals surface area contributed by atoms with Crippen molar-refractivity contribution in [1.29, 1.82) is 0 Å². The number of hydrogen-bond acceptors (Lipinski definition) is 2. The first kappa shape index (κ1) is 14.2. The fraction of sp³-hybridized carbons (Fsp3) is 0.500. The summed E-state index contributed by atoms with van der Waals surface area (Å²) in [4.78, 5) is 0. The first-order chi connectivity index (χ1) is 7.54. The Bertz CT molecular complexity index is 344. The SMILES string of the molecule is CC(CO)CNC(C)c1ccc(Br)cc1Br. The molecule has 90 valence electrons. The zero-order valence-corrected chi connectivity index (χ0v) is 12.7. The molecule has 4 heteroatoms. The summed E-state index contributed by atoms with van der Waals surface area (Å²) in [5.74, 6) is 0.289. The summed E-state index contributed by atoms with van der Waals surface area (Å²) in [6.07, 6.45) is 0. The van der Waals surface area contributed by atoms with Gasteiger partial charge in [-0.3, -0.25) is 0 Å². The third-order valence-corrected chi connectivity index (χ3v) is 3.69. The molecule has 0 radical (unpaired) electrons. The molecule has 1 aromatic rings. The van der Waals surface area contributed by atoms with Gasteiger partial charge in [-0.2, -0.15) is 0 Å². The highest BCUT2D eigenvalue weighted by Gasteiger charge is 2.10. The molecule has 0 spiro atoms. The average molecular weight is 351 g/mol. The quantitative estimate of drug-likeness (QED) is 0.851. The highest BCUT2D eigenvalue weighted by molar-refractivity contribution is 9.11. The third kappa shape index (κ3) is 4.17. The average Bonchev–Trinajstić information content (AvgIpc) is 2.25. The Morgan fingerprint density at radius 3 is 2.56 bits per heavy atom. The standard InChI is InChI=1S/C12H17Br2NO/c1-8(7-16)6-15-9(2)11-4-3-10(13)5-12(11)14/h3-5,8-9,15-16H,6-7H2,1-2H3. The summed E-state index contributed by atoms with van der Waals surface area (Å²) in [5, 5.41) is 12.4. The summed E-state index contributed by atoms with van der Waals surface area (Å²) in [7, 11) is 0. The highest BCUT2D eigenvalue weighted by Crippen LogP contribution is 2.26.